The Bertz CT molecular complexity index is 491. The maximum atomic E-state index is 11.5. The summed E-state index contributed by atoms with van der Waals surface area (Å²) >= 11 is 0. The highest BCUT2D eigenvalue weighted by molar-refractivity contribution is 5.90. The number of methoxy groups -OCH3 is 1. The molecule has 1 aliphatic rings. The number of carbonyl (C=O) groups is 1. The average molecular weight is 250 g/mol. The molecule has 5 heteroatoms. The minimum Gasteiger partial charge on any atom is -0.466 e. The molecule has 0 aromatic heterocycles. The molecule has 0 amide bonds. The van der Waals surface area contributed by atoms with Crippen molar-refractivity contribution < 1.29 is 24.5 Å². The summed E-state index contributed by atoms with van der Waals surface area (Å²) in [6, 6.07) is 8.48. The Morgan fingerprint density at radius 3 is 2.44 bits per heavy atom. The van der Waals surface area contributed by atoms with Gasteiger partial charge >= 0.3 is 5.97 Å². The lowest BCUT2D eigenvalue weighted by molar-refractivity contribution is -0.278. The summed E-state index contributed by atoms with van der Waals surface area (Å²) in [7, 11) is 1.19. The Morgan fingerprint density at radius 1 is 1.28 bits per heavy atom. The molecule has 0 spiro atoms. The van der Waals surface area contributed by atoms with Crippen LogP contribution in [0.25, 0.3) is 0 Å². The summed E-state index contributed by atoms with van der Waals surface area (Å²) in [4.78, 5) is 11.5. The molecule has 2 atom stereocenters. The monoisotopic (exact) mass is 250 g/mol. The van der Waals surface area contributed by atoms with Gasteiger partial charge in [-0.2, -0.15) is 0 Å². The van der Waals surface area contributed by atoms with Gasteiger partial charge in [0.1, 0.15) is 0 Å². The van der Waals surface area contributed by atoms with E-state index in [2.05, 4.69) is 4.74 Å². The van der Waals surface area contributed by atoms with Gasteiger partial charge in [0.25, 0.3) is 0 Å². The van der Waals surface area contributed by atoms with E-state index in [4.69, 9.17) is 4.74 Å². The van der Waals surface area contributed by atoms with E-state index in [1.807, 2.05) is 0 Å². The number of benzene rings is 1. The molecule has 2 unspecified atom stereocenters. The lowest BCUT2D eigenvalue weighted by atomic mass is 10.0. The molecule has 0 radical (unpaired) electrons. The quantitative estimate of drug-likeness (QED) is 0.754. The fourth-order valence-corrected chi connectivity index (χ4v) is 1.89. The van der Waals surface area contributed by atoms with E-state index in [1.54, 1.807) is 30.3 Å². The molecule has 0 fully saturated rings. The van der Waals surface area contributed by atoms with Gasteiger partial charge in [-0.3, -0.25) is 0 Å². The van der Waals surface area contributed by atoms with Gasteiger partial charge in [0.05, 0.1) is 12.7 Å². The predicted molar refractivity (Wildman–Crippen MR) is 62.1 cm³/mol. The Balaban J connectivity index is 2.44. The number of esters is 1. The molecule has 1 aromatic carbocycles. The van der Waals surface area contributed by atoms with Crippen LogP contribution in [0.3, 0.4) is 0 Å². The highest BCUT2D eigenvalue weighted by atomic mass is 16.7. The van der Waals surface area contributed by atoms with Crippen LogP contribution in [-0.4, -0.2) is 29.1 Å². The standard InChI is InChI=1S/C13H14O5/c1-12(15)10(11(14)17-2)8-13(16,18-12)9-6-4-3-5-7-9/h3-8,15-16H,1-2H3. The Morgan fingerprint density at radius 2 is 1.89 bits per heavy atom. The van der Waals surface area contributed by atoms with E-state index in [9.17, 15) is 15.0 Å². The average Bonchev–Trinajstić information content (AvgIpc) is 2.61. The second-order valence-corrected chi connectivity index (χ2v) is 4.20. The fraction of sp³-hybridized carbons (Fsp3) is 0.308. The van der Waals surface area contributed by atoms with Gasteiger partial charge in [-0.25, -0.2) is 4.79 Å². The van der Waals surface area contributed by atoms with E-state index in [0.29, 0.717) is 5.56 Å². The topological polar surface area (TPSA) is 76.0 Å². The molecule has 1 heterocycles. The molecule has 1 aromatic rings. The Kier molecular flexibility index (Phi) is 2.98. The minimum atomic E-state index is -1.89. The van der Waals surface area contributed by atoms with E-state index in [0.717, 1.165) is 6.08 Å². The van der Waals surface area contributed by atoms with E-state index in [-0.39, 0.29) is 5.57 Å². The third-order valence-corrected chi connectivity index (χ3v) is 2.79. The normalized spacial score (nSPS) is 31.0. The fourth-order valence-electron chi connectivity index (χ4n) is 1.89. The second kappa shape index (κ2) is 4.20. The third kappa shape index (κ3) is 2.03. The van der Waals surface area contributed by atoms with Crippen LogP contribution in [0.4, 0.5) is 0 Å². The van der Waals surface area contributed by atoms with E-state index < -0.39 is 17.5 Å². The number of ether oxygens (including phenoxy) is 2. The van der Waals surface area contributed by atoms with Crippen molar-refractivity contribution in [2.24, 2.45) is 0 Å². The van der Waals surface area contributed by atoms with Crippen molar-refractivity contribution in [2.75, 3.05) is 7.11 Å². The number of hydrogen-bond donors (Lipinski definition) is 2. The van der Waals surface area contributed by atoms with Crippen molar-refractivity contribution in [3.05, 3.63) is 47.5 Å². The Labute approximate surface area is 104 Å². The number of hydrogen-bond acceptors (Lipinski definition) is 5. The zero-order valence-corrected chi connectivity index (χ0v) is 10.1. The molecule has 0 saturated carbocycles. The lowest BCUT2D eigenvalue weighted by Crippen LogP contribution is -2.35. The van der Waals surface area contributed by atoms with Crippen LogP contribution >= 0.6 is 0 Å². The maximum absolute atomic E-state index is 11.5. The van der Waals surface area contributed by atoms with E-state index in [1.165, 1.54) is 14.0 Å². The van der Waals surface area contributed by atoms with Crippen LogP contribution in [0.1, 0.15) is 12.5 Å². The SMILES string of the molecule is COC(=O)C1=CC(O)(c2ccccc2)OC1(C)O. The summed E-state index contributed by atoms with van der Waals surface area (Å²) < 4.78 is 9.72. The van der Waals surface area contributed by atoms with Crippen LogP contribution in [-0.2, 0) is 20.1 Å². The van der Waals surface area contributed by atoms with Crippen LogP contribution in [0.2, 0.25) is 0 Å². The van der Waals surface area contributed by atoms with Gasteiger partial charge in [0.2, 0.25) is 5.79 Å². The van der Waals surface area contributed by atoms with Gasteiger partial charge < -0.3 is 19.7 Å². The zero-order chi connectivity index (χ0) is 13.4. The first-order chi connectivity index (χ1) is 8.39. The summed E-state index contributed by atoms with van der Waals surface area (Å²) in [6.45, 7) is 1.27. The predicted octanol–water partition coefficient (Wildman–Crippen LogP) is 0.670. The third-order valence-electron chi connectivity index (χ3n) is 2.79. The van der Waals surface area contributed by atoms with Gasteiger partial charge in [-0.05, 0) is 13.0 Å². The largest absolute Gasteiger partial charge is 0.466 e. The molecular formula is C13H14O5. The first-order valence-electron chi connectivity index (χ1n) is 5.41. The molecule has 1 aliphatic heterocycles. The van der Waals surface area contributed by atoms with Crippen LogP contribution in [0.5, 0.6) is 0 Å². The highest BCUT2D eigenvalue weighted by Crippen LogP contribution is 2.40. The lowest BCUT2D eigenvalue weighted by Gasteiger charge is -2.26. The molecule has 96 valence electrons. The van der Waals surface area contributed by atoms with Crippen LogP contribution in [0.15, 0.2) is 42.0 Å². The molecule has 18 heavy (non-hydrogen) atoms. The summed E-state index contributed by atoms with van der Waals surface area (Å²) in [5.74, 6) is -4.47. The van der Waals surface area contributed by atoms with Crippen LogP contribution < -0.4 is 0 Å². The summed E-state index contributed by atoms with van der Waals surface area (Å²) in [5, 5.41) is 20.3. The highest BCUT2D eigenvalue weighted by Gasteiger charge is 2.49. The minimum absolute atomic E-state index is 0.128. The second-order valence-electron chi connectivity index (χ2n) is 4.20. The molecule has 0 bridgehead atoms. The van der Waals surface area contributed by atoms with Crippen molar-refractivity contribution in [3.63, 3.8) is 0 Å². The van der Waals surface area contributed by atoms with E-state index >= 15 is 0 Å². The van der Waals surface area contributed by atoms with Crippen molar-refractivity contribution >= 4 is 5.97 Å². The summed E-state index contributed by atoms with van der Waals surface area (Å²) in [5.41, 5.74) is 0.292. The molecule has 2 rings (SSSR count). The van der Waals surface area contributed by atoms with Gasteiger partial charge in [-0.1, -0.05) is 30.3 Å². The molecule has 0 aliphatic carbocycles. The van der Waals surface area contributed by atoms with Crippen molar-refractivity contribution in [2.45, 2.75) is 18.5 Å². The molecule has 5 nitrogen and oxygen atoms in total. The maximum Gasteiger partial charge on any atom is 0.339 e. The molecule has 0 saturated heterocycles. The van der Waals surface area contributed by atoms with Gasteiger partial charge in [0.15, 0.2) is 5.79 Å². The van der Waals surface area contributed by atoms with Crippen LogP contribution in [0, 0.1) is 0 Å². The smallest absolute Gasteiger partial charge is 0.339 e. The van der Waals surface area contributed by atoms with Gasteiger partial charge in [-0.15, -0.1) is 0 Å². The number of carbonyl (C=O) groups excluding carboxylic acids is 1. The van der Waals surface area contributed by atoms with Crippen molar-refractivity contribution in [1.82, 2.24) is 0 Å². The Hall–Kier alpha value is -1.69. The first-order valence-corrected chi connectivity index (χ1v) is 5.41. The molecular weight excluding hydrogens is 236 g/mol. The van der Waals surface area contributed by atoms with Gasteiger partial charge in [0, 0.05) is 5.56 Å². The number of aliphatic hydroxyl groups is 2. The van der Waals surface area contributed by atoms with Crippen molar-refractivity contribution in [3.8, 4) is 0 Å². The number of rotatable bonds is 2. The zero-order valence-electron chi connectivity index (χ0n) is 10.1. The summed E-state index contributed by atoms with van der Waals surface area (Å²) in [6.07, 6.45) is 1.16. The first kappa shape index (κ1) is 12.8. The molecule has 2 N–H and O–H groups in total. The van der Waals surface area contributed by atoms with Crippen molar-refractivity contribution in [1.29, 1.82) is 0 Å².